The predicted octanol–water partition coefficient (Wildman–Crippen LogP) is -1.56. The van der Waals surface area contributed by atoms with Crippen LogP contribution in [-0.4, -0.2) is 58.3 Å². The van der Waals surface area contributed by atoms with Gasteiger partial charge in [0.15, 0.2) is 6.23 Å². The third-order valence-electron chi connectivity index (χ3n) is 3.97. The van der Waals surface area contributed by atoms with Crippen LogP contribution in [0.3, 0.4) is 0 Å². The number of ether oxygens (including phenoxy) is 1. The largest absolute Gasteiger partial charge is 0.490 e. The maximum atomic E-state index is 15.3. The average Bonchev–Trinajstić information content (AvgIpc) is 2.71. The van der Waals surface area contributed by atoms with Gasteiger partial charge in [0.2, 0.25) is 0 Å². The SMILES string of the molecule is CC1(O)C(N)C(n2ccc(N)nc2=O)OC1(F)COP(=O)(O)OP(=O)(O)OP(=O)(O)O. The second kappa shape index (κ2) is 8.35. The summed E-state index contributed by atoms with van der Waals surface area (Å²) in [5.74, 6) is -3.58. The van der Waals surface area contributed by atoms with Crippen LogP contribution in [0, 0.1) is 0 Å². The maximum Gasteiger partial charge on any atom is 0.490 e. The van der Waals surface area contributed by atoms with Gasteiger partial charge in [-0.1, -0.05) is 0 Å². The number of hydrogen-bond donors (Lipinski definition) is 7. The van der Waals surface area contributed by atoms with Crippen LogP contribution in [0.15, 0.2) is 17.1 Å². The summed E-state index contributed by atoms with van der Waals surface area (Å²) < 4.78 is 65.7. The van der Waals surface area contributed by atoms with Crippen LogP contribution in [0.2, 0.25) is 0 Å². The van der Waals surface area contributed by atoms with Crippen molar-refractivity contribution in [1.29, 1.82) is 0 Å². The lowest BCUT2D eigenvalue weighted by Gasteiger charge is -2.32. The van der Waals surface area contributed by atoms with Gasteiger partial charge < -0.3 is 40.9 Å². The Bertz CT molecular complexity index is 1040. The number of anilines is 1. The van der Waals surface area contributed by atoms with E-state index in [0.29, 0.717) is 4.57 Å². The molecule has 6 unspecified atom stereocenters. The Morgan fingerprint density at radius 1 is 1.26 bits per heavy atom. The Balaban J connectivity index is 2.21. The Labute approximate surface area is 171 Å². The molecule has 1 aromatic rings. The molecule has 1 aliphatic rings. The predicted molar refractivity (Wildman–Crippen MR) is 95.3 cm³/mol. The van der Waals surface area contributed by atoms with E-state index in [1.807, 2.05) is 0 Å². The average molecular weight is 514 g/mol. The highest BCUT2D eigenvalue weighted by molar-refractivity contribution is 7.66. The molecule has 1 fully saturated rings. The van der Waals surface area contributed by atoms with E-state index in [9.17, 15) is 28.5 Å². The zero-order valence-corrected chi connectivity index (χ0v) is 18.0. The lowest BCUT2D eigenvalue weighted by atomic mass is 9.91. The van der Waals surface area contributed by atoms with Gasteiger partial charge in [0, 0.05) is 6.20 Å². The van der Waals surface area contributed by atoms with Crippen LogP contribution in [0.5, 0.6) is 0 Å². The topological polar surface area (TPSA) is 276 Å². The fraction of sp³-hybridized carbons (Fsp3) is 0.600. The second-order valence-electron chi connectivity index (χ2n) is 6.32. The Hall–Kier alpha value is -1.10. The summed E-state index contributed by atoms with van der Waals surface area (Å²) in [5, 5.41) is 10.4. The van der Waals surface area contributed by atoms with Gasteiger partial charge in [0.1, 0.15) is 18.0 Å². The molecule has 2 rings (SSSR count). The van der Waals surface area contributed by atoms with Crippen molar-refractivity contribution < 1.29 is 60.6 Å². The number of aliphatic hydroxyl groups is 1. The van der Waals surface area contributed by atoms with Crippen LogP contribution in [0.4, 0.5) is 10.2 Å². The third-order valence-corrected chi connectivity index (χ3v) is 7.76. The van der Waals surface area contributed by atoms with E-state index in [0.717, 1.165) is 19.2 Å². The summed E-state index contributed by atoms with van der Waals surface area (Å²) in [6.45, 7) is -0.862. The molecule has 2 heterocycles. The molecule has 17 nitrogen and oxygen atoms in total. The zero-order chi connectivity index (χ0) is 24.0. The third kappa shape index (κ3) is 6.03. The molecule has 31 heavy (non-hydrogen) atoms. The molecule has 9 N–H and O–H groups in total. The van der Waals surface area contributed by atoms with Gasteiger partial charge in [0.05, 0.1) is 6.04 Å². The monoisotopic (exact) mass is 514 g/mol. The first-order valence-electron chi connectivity index (χ1n) is 7.76. The molecule has 0 amide bonds. The van der Waals surface area contributed by atoms with Crippen LogP contribution in [0.1, 0.15) is 13.2 Å². The number of alkyl halides is 1. The first kappa shape index (κ1) is 26.2. The zero-order valence-electron chi connectivity index (χ0n) is 15.3. The van der Waals surface area contributed by atoms with E-state index in [2.05, 4.69) is 18.1 Å². The first-order valence-corrected chi connectivity index (χ1v) is 12.3. The van der Waals surface area contributed by atoms with Crippen LogP contribution in [-0.2, 0) is 31.6 Å². The highest BCUT2D eigenvalue weighted by Crippen LogP contribution is 2.66. The summed E-state index contributed by atoms with van der Waals surface area (Å²) in [7, 11) is -17.2. The number of nitrogens with two attached hydrogens (primary N) is 2. The molecule has 21 heteroatoms. The van der Waals surface area contributed by atoms with Crippen molar-refractivity contribution >= 4 is 29.3 Å². The van der Waals surface area contributed by atoms with Crippen LogP contribution >= 0.6 is 23.5 Å². The van der Waals surface area contributed by atoms with E-state index < -0.39 is 59.5 Å². The van der Waals surface area contributed by atoms with Gasteiger partial charge in [-0.25, -0.2) is 22.9 Å². The number of nitrogens with zero attached hydrogens (tertiary/aromatic N) is 2. The van der Waals surface area contributed by atoms with Gasteiger partial charge in [-0.05, 0) is 13.0 Å². The highest BCUT2D eigenvalue weighted by Gasteiger charge is 2.64. The number of nitrogen functional groups attached to an aromatic ring is 1. The second-order valence-corrected chi connectivity index (χ2v) is 10.7. The van der Waals surface area contributed by atoms with Gasteiger partial charge in [-0.3, -0.25) is 9.09 Å². The van der Waals surface area contributed by atoms with Crippen molar-refractivity contribution in [3.8, 4) is 0 Å². The van der Waals surface area contributed by atoms with Gasteiger partial charge in [-0.2, -0.15) is 13.6 Å². The standard InChI is InChI=1S/C10H18FN4O13P3/c1-9(17)6(13)7(15-3-2-5(12)14-8(15)16)26-10(9,11)4-25-30(21,22)28-31(23,24)27-29(18,19)20/h2-3,6-7,17H,4,13H2,1H3,(H,21,22)(H,23,24)(H2,12,14,16)(H2,18,19,20). The minimum absolute atomic E-state index is 0.182. The summed E-state index contributed by atoms with van der Waals surface area (Å²) >= 11 is 0. The van der Waals surface area contributed by atoms with Crippen molar-refractivity contribution in [3.05, 3.63) is 22.7 Å². The van der Waals surface area contributed by atoms with Crippen molar-refractivity contribution in [2.45, 2.75) is 30.6 Å². The summed E-state index contributed by atoms with van der Waals surface area (Å²) in [6, 6.07) is -0.540. The van der Waals surface area contributed by atoms with Gasteiger partial charge in [0.25, 0.3) is 5.85 Å². The van der Waals surface area contributed by atoms with Crippen molar-refractivity contribution in [2.75, 3.05) is 12.3 Å². The lowest BCUT2D eigenvalue weighted by molar-refractivity contribution is -0.233. The summed E-state index contributed by atoms with van der Waals surface area (Å²) in [4.78, 5) is 50.8. The molecular formula is C10H18FN4O13P3. The lowest BCUT2D eigenvalue weighted by Crippen LogP contribution is -2.57. The van der Waals surface area contributed by atoms with Gasteiger partial charge in [-0.15, -0.1) is 0 Å². The molecule has 0 saturated carbocycles. The smallest absolute Gasteiger partial charge is 0.383 e. The van der Waals surface area contributed by atoms with Crippen LogP contribution < -0.4 is 17.2 Å². The minimum atomic E-state index is -5.85. The normalized spacial score (nSPS) is 33.0. The molecule has 1 aliphatic heterocycles. The number of hydrogen-bond acceptors (Lipinski definition) is 12. The maximum absolute atomic E-state index is 15.3. The fourth-order valence-electron chi connectivity index (χ4n) is 2.41. The highest BCUT2D eigenvalue weighted by atomic mass is 31.3. The number of rotatable bonds is 8. The Kier molecular flexibility index (Phi) is 7.05. The minimum Gasteiger partial charge on any atom is -0.383 e. The molecule has 0 bridgehead atoms. The number of halogens is 1. The van der Waals surface area contributed by atoms with Crippen LogP contribution in [0.25, 0.3) is 0 Å². The molecule has 0 spiro atoms. The Morgan fingerprint density at radius 2 is 1.84 bits per heavy atom. The molecule has 0 aliphatic carbocycles. The molecule has 178 valence electrons. The fourth-order valence-corrected chi connectivity index (χ4v) is 5.43. The van der Waals surface area contributed by atoms with E-state index in [-0.39, 0.29) is 5.82 Å². The van der Waals surface area contributed by atoms with E-state index >= 15 is 4.39 Å². The molecular weight excluding hydrogens is 496 g/mol. The van der Waals surface area contributed by atoms with E-state index in [1.165, 1.54) is 0 Å². The van der Waals surface area contributed by atoms with Gasteiger partial charge >= 0.3 is 29.2 Å². The quantitative estimate of drug-likeness (QED) is 0.193. The molecule has 6 atom stereocenters. The van der Waals surface area contributed by atoms with Crippen molar-refractivity contribution in [2.24, 2.45) is 5.73 Å². The molecule has 0 radical (unpaired) electrons. The summed E-state index contributed by atoms with van der Waals surface area (Å²) in [6.07, 6.45) is -0.676. The number of aromatic nitrogens is 2. The van der Waals surface area contributed by atoms with E-state index in [1.54, 1.807) is 0 Å². The molecule has 1 aromatic heterocycles. The first-order chi connectivity index (χ1) is 13.8. The Morgan fingerprint density at radius 3 is 2.35 bits per heavy atom. The molecule has 1 saturated heterocycles. The molecule has 0 aromatic carbocycles. The van der Waals surface area contributed by atoms with Crippen molar-refractivity contribution in [1.82, 2.24) is 9.55 Å². The van der Waals surface area contributed by atoms with Crippen molar-refractivity contribution in [3.63, 3.8) is 0 Å². The summed E-state index contributed by atoms with van der Waals surface area (Å²) in [5.41, 5.74) is 7.36. The van der Waals surface area contributed by atoms with E-state index in [4.69, 9.17) is 30.9 Å². The number of phosphoric ester groups is 1. The number of phosphoric acid groups is 3.